The minimum Gasteiger partial charge on any atom is -0.486 e. The molecule has 2 aromatic rings. The van der Waals surface area contributed by atoms with Crippen LogP contribution in [0.1, 0.15) is 35.6 Å². The van der Waals surface area contributed by atoms with Crippen molar-refractivity contribution >= 4 is 5.69 Å². The molecule has 0 saturated heterocycles. The molecule has 0 amide bonds. The average molecular weight is 269 g/mol. The van der Waals surface area contributed by atoms with Gasteiger partial charge in [-0.05, 0) is 62.4 Å². The summed E-state index contributed by atoms with van der Waals surface area (Å²) in [6.45, 7) is 2.47. The van der Waals surface area contributed by atoms with Gasteiger partial charge in [-0.15, -0.1) is 0 Å². The zero-order valence-electron chi connectivity index (χ0n) is 11.7. The van der Waals surface area contributed by atoms with Crippen molar-refractivity contribution in [2.45, 2.75) is 39.2 Å². The van der Waals surface area contributed by atoms with E-state index in [-0.39, 0.29) is 0 Å². The highest BCUT2D eigenvalue weighted by Crippen LogP contribution is 2.22. The summed E-state index contributed by atoms with van der Waals surface area (Å²) < 4.78 is 5.71. The van der Waals surface area contributed by atoms with Crippen molar-refractivity contribution in [2.24, 2.45) is 0 Å². The molecule has 2 N–H and O–H groups in total. The van der Waals surface area contributed by atoms with Crippen LogP contribution in [-0.4, -0.2) is 9.97 Å². The van der Waals surface area contributed by atoms with E-state index in [1.54, 1.807) is 0 Å². The van der Waals surface area contributed by atoms with Crippen LogP contribution in [0, 0.1) is 6.92 Å². The molecule has 0 unspecified atom stereocenters. The number of fused-ring (bicyclic) bond motifs is 1. The Hall–Kier alpha value is -2.10. The Morgan fingerprint density at radius 1 is 1.10 bits per heavy atom. The second-order valence-corrected chi connectivity index (χ2v) is 5.22. The Balaban J connectivity index is 1.74. The third-order valence-corrected chi connectivity index (χ3v) is 3.68. The highest BCUT2D eigenvalue weighted by Gasteiger charge is 2.15. The lowest BCUT2D eigenvalue weighted by atomic mass is 9.95. The van der Waals surface area contributed by atoms with Crippen LogP contribution in [0.2, 0.25) is 0 Å². The highest BCUT2D eigenvalue weighted by atomic mass is 16.5. The monoisotopic (exact) mass is 269 g/mol. The lowest BCUT2D eigenvalue weighted by molar-refractivity contribution is 0.294. The quantitative estimate of drug-likeness (QED) is 0.870. The zero-order valence-corrected chi connectivity index (χ0v) is 11.7. The maximum atomic E-state index is 5.71. The van der Waals surface area contributed by atoms with Gasteiger partial charge in [-0.25, -0.2) is 9.97 Å². The summed E-state index contributed by atoms with van der Waals surface area (Å²) in [7, 11) is 0. The smallest absolute Gasteiger partial charge is 0.166 e. The Labute approximate surface area is 119 Å². The van der Waals surface area contributed by atoms with Crippen LogP contribution in [-0.2, 0) is 19.4 Å². The number of nitrogens with zero attached hydrogens (tertiary/aromatic N) is 2. The molecule has 0 saturated carbocycles. The summed E-state index contributed by atoms with van der Waals surface area (Å²) in [5.41, 5.74) is 10.0. The number of ether oxygens (including phenoxy) is 1. The van der Waals surface area contributed by atoms with Crippen molar-refractivity contribution in [1.29, 1.82) is 0 Å². The van der Waals surface area contributed by atoms with Crippen LogP contribution in [0.15, 0.2) is 24.3 Å². The first-order chi connectivity index (χ1) is 9.72. The second-order valence-electron chi connectivity index (χ2n) is 5.22. The van der Waals surface area contributed by atoms with E-state index in [9.17, 15) is 0 Å². The van der Waals surface area contributed by atoms with Crippen LogP contribution in [0.5, 0.6) is 5.75 Å². The normalized spacial score (nSPS) is 13.8. The van der Waals surface area contributed by atoms with E-state index < -0.39 is 0 Å². The minimum absolute atomic E-state index is 0.401. The fourth-order valence-electron chi connectivity index (χ4n) is 2.62. The SMILES string of the molecule is Cc1nc(COc2ccc(N)cc2)nc2c1CCCC2. The van der Waals surface area contributed by atoms with Crippen molar-refractivity contribution in [3.63, 3.8) is 0 Å². The number of rotatable bonds is 3. The topological polar surface area (TPSA) is 61.0 Å². The van der Waals surface area contributed by atoms with Crippen molar-refractivity contribution in [3.05, 3.63) is 47.0 Å². The minimum atomic E-state index is 0.401. The van der Waals surface area contributed by atoms with Crippen molar-refractivity contribution in [3.8, 4) is 5.75 Å². The fourth-order valence-corrected chi connectivity index (χ4v) is 2.62. The molecular weight excluding hydrogens is 250 g/mol. The van der Waals surface area contributed by atoms with Crippen LogP contribution >= 0.6 is 0 Å². The summed E-state index contributed by atoms with van der Waals surface area (Å²) in [6, 6.07) is 7.38. The predicted molar refractivity (Wildman–Crippen MR) is 78.6 cm³/mol. The molecule has 0 aliphatic heterocycles. The van der Waals surface area contributed by atoms with Gasteiger partial charge in [0.25, 0.3) is 0 Å². The standard InChI is InChI=1S/C16H19N3O/c1-11-14-4-2-3-5-15(14)19-16(18-11)10-20-13-8-6-12(17)7-9-13/h6-9H,2-5,10,17H2,1H3. The molecule has 1 aliphatic rings. The van der Waals surface area contributed by atoms with Gasteiger partial charge < -0.3 is 10.5 Å². The summed E-state index contributed by atoms with van der Waals surface area (Å²) in [5, 5.41) is 0. The van der Waals surface area contributed by atoms with E-state index >= 15 is 0 Å². The zero-order chi connectivity index (χ0) is 13.9. The molecule has 0 fully saturated rings. The van der Waals surface area contributed by atoms with Gasteiger partial charge in [-0.1, -0.05) is 0 Å². The average Bonchev–Trinajstić information content (AvgIpc) is 2.47. The Kier molecular flexibility index (Phi) is 3.54. The third kappa shape index (κ3) is 2.74. The molecule has 4 nitrogen and oxygen atoms in total. The first kappa shape index (κ1) is 12.9. The number of aromatic nitrogens is 2. The van der Waals surface area contributed by atoms with E-state index in [4.69, 9.17) is 10.5 Å². The first-order valence-electron chi connectivity index (χ1n) is 7.06. The molecule has 1 aromatic carbocycles. The van der Waals surface area contributed by atoms with Crippen molar-refractivity contribution in [1.82, 2.24) is 9.97 Å². The first-order valence-corrected chi connectivity index (χ1v) is 7.06. The van der Waals surface area contributed by atoms with Gasteiger partial charge in [0.2, 0.25) is 0 Å². The van der Waals surface area contributed by atoms with Gasteiger partial charge in [0.1, 0.15) is 12.4 Å². The van der Waals surface area contributed by atoms with E-state index in [0.29, 0.717) is 6.61 Å². The number of nitrogens with two attached hydrogens (primary N) is 1. The van der Waals surface area contributed by atoms with Gasteiger partial charge in [-0.3, -0.25) is 0 Å². The van der Waals surface area contributed by atoms with Gasteiger partial charge in [0.15, 0.2) is 5.82 Å². The van der Waals surface area contributed by atoms with E-state index in [1.807, 2.05) is 24.3 Å². The van der Waals surface area contributed by atoms with Crippen LogP contribution < -0.4 is 10.5 Å². The summed E-state index contributed by atoms with van der Waals surface area (Å²) in [4.78, 5) is 9.20. The number of benzene rings is 1. The van der Waals surface area contributed by atoms with Gasteiger partial charge in [-0.2, -0.15) is 0 Å². The molecule has 104 valence electrons. The van der Waals surface area contributed by atoms with E-state index in [2.05, 4.69) is 16.9 Å². The number of aryl methyl sites for hydroxylation is 2. The third-order valence-electron chi connectivity index (χ3n) is 3.68. The number of hydrogen-bond acceptors (Lipinski definition) is 4. The maximum absolute atomic E-state index is 5.71. The summed E-state index contributed by atoms with van der Waals surface area (Å²) in [6.07, 6.45) is 4.65. The van der Waals surface area contributed by atoms with Gasteiger partial charge >= 0.3 is 0 Å². The number of hydrogen-bond donors (Lipinski definition) is 1. The highest BCUT2D eigenvalue weighted by molar-refractivity contribution is 5.41. The predicted octanol–water partition coefficient (Wildman–Crippen LogP) is 2.83. The molecule has 1 aliphatic carbocycles. The Bertz CT molecular complexity index is 608. The van der Waals surface area contributed by atoms with E-state index in [1.165, 1.54) is 24.1 Å². The molecule has 0 bridgehead atoms. The van der Waals surface area contributed by atoms with Gasteiger partial charge in [0.05, 0.1) is 0 Å². The Morgan fingerprint density at radius 3 is 2.65 bits per heavy atom. The molecule has 1 aromatic heterocycles. The number of nitrogen functional groups attached to an aromatic ring is 1. The van der Waals surface area contributed by atoms with Crippen LogP contribution in [0.3, 0.4) is 0 Å². The largest absolute Gasteiger partial charge is 0.486 e. The lowest BCUT2D eigenvalue weighted by Gasteiger charge is -2.17. The molecule has 0 radical (unpaired) electrons. The van der Waals surface area contributed by atoms with E-state index in [0.717, 1.165) is 35.8 Å². The molecular formula is C16H19N3O. The molecule has 0 atom stereocenters. The summed E-state index contributed by atoms with van der Waals surface area (Å²) >= 11 is 0. The van der Waals surface area contributed by atoms with Gasteiger partial charge in [0, 0.05) is 17.1 Å². The summed E-state index contributed by atoms with van der Waals surface area (Å²) in [5.74, 6) is 1.55. The Morgan fingerprint density at radius 2 is 1.85 bits per heavy atom. The fraction of sp³-hybridized carbons (Fsp3) is 0.375. The lowest BCUT2D eigenvalue weighted by Crippen LogP contribution is -2.13. The maximum Gasteiger partial charge on any atom is 0.166 e. The number of anilines is 1. The van der Waals surface area contributed by atoms with Crippen LogP contribution in [0.4, 0.5) is 5.69 Å². The molecule has 3 rings (SSSR count). The molecule has 20 heavy (non-hydrogen) atoms. The molecule has 0 spiro atoms. The second kappa shape index (κ2) is 5.49. The molecule has 4 heteroatoms. The van der Waals surface area contributed by atoms with Crippen LogP contribution in [0.25, 0.3) is 0 Å². The van der Waals surface area contributed by atoms with Crippen molar-refractivity contribution < 1.29 is 4.74 Å². The molecule has 1 heterocycles. The van der Waals surface area contributed by atoms with Crippen molar-refractivity contribution in [2.75, 3.05) is 5.73 Å².